The lowest BCUT2D eigenvalue weighted by molar-refractivity contribution is 0.456. The van der Waals surface area contributed by atoms with Gasteiger partial charge >= 0.3 is 0 Å². The van der Waals surface area contributed by atoms with E-state index in [1.807, 2.05) is 0 Å². The number of hydrogen-bond donors (Lipinski definition) is 1. The largest absolute Gasteiger partial charge is 0.377 e. The van der Waals surface area contributed by atoms with Crippen molar-refractivity contribution in [1.29, 1.82) is 0 Å². The third-order valence-corrected chi connectivity index (χ3v) is 2.82. The third kappa shape index (κ3) is 1.99. The van der Waals surface area contributed by atoms with Crippen LogP contribution < -0.4 is 5.32 Å². The fraction of sp³-hybridized carbons (Fsp3) is 0.455. The van der Waals surface area contributed by atoms with Crippen molar-refractivity contribution < 1.29 is 17.6 Å². The lowest BCUT2D eigenvalue weighted by atomic mass is 10.2. The zero-order valence-corrected chi connectivity index (χ0v) is 8.49. The van der Waals surface area contributed by atoms with Gasteiger partial charge in [-0.2, -0.15) is 0 Å². The molecule has 1 aliphatic carbocycles. The first kappa shape index (κ1) is 11.2. The minimum Gasteiger partial charge on any atom is -0.377 e. The van der Waals surface area contributed by atoms with Crippen molar-refractivity contribution in [3.8, 4) is 0 Å². The molecule has 1 fully saturated rings. The number of rotatable bonds is 2. The molecule has 0 bridgehead atoms. The molecule has 0 unspecified atom stereocenters. The normalized spacial score (nSPS) is 16.8. The monoisotopic (exact) mass is 233 g/mol. The Morgan fingerprint density at radius 1 is 0.938 bits per heavy atom. The van der Waals surface area contributed by atoms with Crippen molar-refractivity contribution in [2.45, 2.75) is 31.7 Å². The highest BCUT2D eigenvalue weighted by atomic mass is 19.2. The van der Waals surface area contributed by atoms with Gasteiger partial charge in [0.25, 0.3) is 0 Å². The number of nitrogens with one attached hydrogen (secondary N) is 1. The second-order valence-electron chi connectivity index (χ2n) is 3.97. The van der Waals surface area contributed by atoms with Gasteiger partial charge in [-0.3, -0.25) is 0 Å². The summed E-state index contributed by atoms with van der Waals surface area (Å²) >= 11 is 0. The molecule has 0 aliphatic heterocycles. The molecule has 1 aliphatic rings. The van der Waals surface area contributed by atoms with Crippen molar-refractivity contribution in [3.05, 3.63) is 29.3 Å². The smallest absolute Gasteiger partial charge is 0.185 e. The maximum atomic E-state index is 13.3. The van der Waals surface area contributed by atoms with Gasteiger partial charge in [-0.15, -0.1) is 0 Å². The Morgan fingerprint density at radius 3 is 1.94 bits per heavy atom. The summed E-state index contributed by atoms with van der Waals surface area (Å²) in [7, 11) is 0. The third-order valence-electron chi connectivity index (χ3n) is 2.82. The maximum absolute atomic E-state index is 13.3. The summed E-state index contributed by atoms with van der Waals surface area (Å²) in [5, 5.41) is 2.53. The number of benzene rings is 1. The Bertz CT molecular complexity index is 373. The molecule has 2 rings (SSSR count). The standard InChI is InChI=1S/C11H11F4N/c12-7-5-8(13)10(15)11(9(7)14)16-6-3-1-2-4-6/h5-6,16H,1-4H2. The van der Waals surface area contributed by atoms with Crippen molar-refractivity contribution in [1.82, 2.24) is 0 Å². The Balaban J connectivity index is 2.31. The predicted octanol–water partition coefficient (Wildman–Crippen LogP) is 3.60. The van der Waals surface area contributed by atoms with Gasteiger partial charge in [-0.1, -0.05) is 12.8 Å². The lowest BCUT2D eigenvalue weighted by Gasteiger charge is -2.15. The molecular formula is C11H11F4N. The van der Waals surface area contributed by atoms with Gasteiger partial charge in [0.05, 0.1) is 0 Å². The maximum Gasteiger partial charge on any atom is 0.185 e. The molecule has 0 atom stereocenters. The summed E-state index contributed by atoms with van der Waals surface area (Å²) < 4.78 is 52.2. The van der Waals surface area contributed by atoms with E-state index >= 15 is 0 Å². The molecule has 0 heterocycles. The van der Waals surface area contributed by atoms with Crippen LogP contribution in [0.25, 0.3) is 0 Å². The molecule has 1 aromatic carbocycles. The Kier molecular flexibility index (Phi) is 3.03. The molecular weight excluding hydrogens is 222 g/mol. The quantitative estimate of drug-likeness (QED) is 0.608. The van der Waals surface area contributed by atoms with E-state index in [1.165, 1.54) is 0 Å². The van der Waals surface area contributed by atoms with Crippen LogP contribution in [0.2, 0.25) is 0 Å². The molecule has 1 nitrogen and oxygen atoms in total. The Labute approximate surface area is 90.5 Å². The molecule has 0 saturated heterocycles. The fourth-order valence-corrected chi connectivity index (χ4v) is 1.97. The highest BCUT2D eigenvalue weighted by Gasteiger charge is 2.23. The Hall–Kier alpha value is -1.26. The van der Waals surface area contributed by atoms with Crippen LogP contribution in [0.15, 0.2) is 6.07 Å². The van der Waals surface area contributed by atoms with Crippen LogP contribution in [0.5, 0.6) is 0 Å². The highest BCUT2D eigenvalue weighted by Crippen LogP contribution is 2.28. The summed E-state index contributed by atoms with van der Waals surface area (Å²) in [4.78, 5) is 0. The SMILES string of the molecule is Fc1cc(F)c(F)c(NC2CCCC2)c1F. The van der Waals surface area contributed by atoms with Gasteiger partial charge in [-0.25, -0.2) is 17.6 Å². The van der Waals surface area contributed by atoms with Gasteiger partial charge in [0.1, 0.15) is 5.69 Å². The second kappa shape index (κ2) is 4.31. The molecule has 0 radical (unpaired) electrons. The van der Waals surface area contributed by atoms with Crippen molar-refractivity contribution >= 4 is 5.69 Å². The van der Waals surface area contributed by atoms with Gasteiger partial charge in [0.2, 0.25) is 0 Å². The molecule has 5 heteroatoms. The van der Waals surface area contributed by atoms with Crippen LogP contribution in [0.3, 0.4) is 0 Å². The zero-order valence-electron chi connectivity index (χ0n) is 8.49. The second-order valence-corrected chi connectivity index (χ2v) is 3.97. The van der Waals surface area contributed by atoms with Crippen LogP contribution in [-0.4, -0.2) is 6.04 Å². The first-order valence-corrected chi connectivity index (χ1v) is 5.19. The van der Waals surface area contributed by atoms with E-state index in [-0.39, 0.29) is 12.1 Å². The van der Waals surface area contributed by atoms with E-state index in [1.54, 1.807) is 0 Å². The summed E-state index contributed by atoms with van der Waals surface area (Å²) in [5.74, 6) is -5.46. The number of hydrogen-bond acceptors (Lipinski definition) is 1. The molecule has 16 heavy (non-hydrogen) atoms. The summed E-state index contributed by atoms with van der Waals surface area (Å²) in [6.07, 6.45) is 3.44. The van der Waals surface area contributed by atoms with E-state index in [2.05, 4.69) is 5.32 Å². The van der Waals surface area contributed by atoms with Gasteiger partial charge in [0, 0.05) is 12.1 Å². The average Bonchev–Trinajstić information content (AvgIpc) is 2.74. The minimum atomic E-state index is -1.38. The first-order valence-electron chi connectivity index (χ1n) is 5.19. The Morgan fingerprint density at radius 2 is 1.44 bits per heavy atom. The summed E-state index contributed by atoms with van der Waals surface area (Å²) in [5.41, 5.74) is -0.690. The van der Waals surface area contributed by atoms with Crippen molar-refractivity contribution in [2.24, 2.45) is 0 Å². The average molecular weight is 233 g/mol. The van der Waals surface area contributed by atoms with Crippen molar-refractivity contribution in [3.63, 3.8) is 0 Å². The van der Waals surface area contributed by atoms with Gasteiger partial charge in [0.15, 0.2) is 23.3 Å². The van der Waals surface area contributed by atoms with Crippen LogP contribution in [0.1, 0.15) is 25.7 Å². The first-order chi connectivity index (χ1) is 7.59. The molecule has 88 valence electrons. The molecule has 0 spiro atoms. The van der Waals surface area contributed by atoms with E-state index in [4.69, 9.17) is 0 Å². The highest BCUT2D eigenvalue weighted by molar-refractivity contribution is 5.48. The lowest BCUT2D eigenvalue weighted by Crippen LogP contribution is -2.18. The zero-order chi connectivity index (χ0) is 11.7. The summed E-state index contributed by atoms with van der Waals surface area (Å²) in [6, 6.07) is 0.106. The van der Waals surface area contributed by atoms with Gasteiger partial charge in [-0.05, 0) is 12.8 Å². The number of halogens is 4. The van der Waals surface area contributed by atoms with Crippen LogP contribution in [0, 0.1) is 23.3 Å². The fourth-order valence-electron chi connectivity index (χ4n) is 1.97. The van der Waals surface area contributed by atoms with E-state index in [0.717, 1.165) is 25.7 Å². The molecule has 1 aromatic rings. The van der Waals surface area contributed by atoms with Crippen LogP contribution in [-0.2, 0) is 0 Å². The van der Waals surface area contributed by atoms with E-state index < -0.39 is 29.0 Å². The van der Waals surface area contributed by atoms with Crippen LogP contribution >= 0.6 is 0 Å². The minimum absolute atomic E-state index is 0.106. The van der Waals surface area contributed by atoms with Crippen molar-refractivity contribution in [2.75, 3.05) is 5.32 Å². The van der Waals surface area contributed by atoms with E-state index in [9.17, 15) is 17.6 Å². The van der Waals surface area contributed by atoms with Gasteiger partial charge < -0.3 is 5.32 Å². The predicted molar refractivity (Wildman–Crippen MR) is 52.2 cm³/mol. The van der Waals surface area contributed by atoms with Crippen LogP contribution in [0.4, 0.5) is 23.2 Å². The summed E-state index contributed by atoms with van der Waals surface area (Å²) in [6.45, 7) is 0. The molecule has 0 aromatic heterocycles. The molecule has 1 saturated carbocycles. The molecule has 0 amide bonds. The topological polar surface area (TPSA) is 12.0 Å². The van der Waals surface area contributed by atoms with E-state index in [0.29, 0.717) is 0 Å². The molecule has 1 N–H and O–H groups in total. The number of anilines is 1.